The average Bonchev–Trinajstić information content (AvgIpc) is 1.62. The second kappa shape index (κ2) is 49.4. The zero-order valence-electron chi connectivity index (χ0n) is 58.3. The number of carbonyl (C=O) groups excluding carboxylic acids is 11. The van der Waals surface area contributed by atoms with Gasteiger partial charge in [0.05, 0.1) is 6.10 Å². The number of nitrogens with zero attached hydrogens (tertiary/aromatic N) is 6. The molecular weight excluding hydrogens is 1340 g/mol. The molecule has 578 valence electrons. The van der Waals surface area contributed by atoms with Crippen molar-refractivity contribution in [1.82, 2.24) is 52.8 Å². The molecule has 0 aromatic carbocycles. The second-order valence-electron chi connectivity index (χ2n) is 24.3. The van der Waals surface area contributed by atoms with E-state index in [9.17, 15) is 67.7 Å². The quantitative estimate of drug-likeness (QED) is 0.0153. The number of hydrogen-bond acceptors (Lipinski definition) is 21. The van der Waals surface area contributed by atoms with Gasteiger partial charge in [0.15, 0.2) is 29.8 Å². The highest BCUT2D eigenvalue weighted by Crippen LogP contribution is 2.20. The number of unbranched alkanes of at least 4 members (excludes halogenated alkanes) is 2. The van der Waals surface area contributed by atoms with Gasteiger partial charge < -0.3 is 143 Å². The van der Waals surface area contributed by atoms with Gasteiger partial charge in [0.25, 0.3) is 0 Å². The van der Waals surface area contributed by atoms with E-state index in [0.717, 1.165) is 0 Å². The van der Waals surface area contributed by atoms with Crippen LogP contribution in [0.25, 0.3) is 0 Å². The summed E-state index contributed by atoms with van der Waals surface area (Å²) in [7, 11) is 0. The molecule has 1 aliphatic rings. The molecule has 0 aromatic rings. The maximum absolute atomic E-state index is 14.7. The lowest BCUT2D eigenvalue weighted by molar-refractivity contribution is -0.142. The van der Waals surface area contributed by atoms with Crippen LogP contribution in [0.1, 0.15) is 142 Å². The van der Waals surface area contributed by atoms with Crippen molar-refractivity contribution >= 4 is 101 Å². The van der Waals surface area contributed by atoms with Crippen LogP contribution < -0.4 is 128 Å². The fourth-order valence-corrected chi connectivity index (χ4v) is 10.2. The minimum Gasteiger partial charge on any atom is -0.480 e. The van der Waals surface area contributed by atoms with Crippen molar-refractivity contribution in [2.75, 3.05) is 52.4 Å². The molecular formula is C59H113N29O14. The SMILES string of the molecule is C[C@H](NC(=O)[C@H](CCCN=C(N)N)NC(=O)[C@@H]1CCCN1C(=O)[C@@H](N)[C@@H](C)O)C(=O)N[C@@H](CCCN=C(N)N)C(=O)N[C@@H](CCCN=C(N)N)C(=O)N[C@@H](CCCN=C(N)N)C(=O)N[C@@H](CCCCN)C(=O)N[C@@H](CCCCN)C(=O)N[C@@H](CCCN=C(N)N)C(=O)N[C@@H](CCC(N)=O)C(=O)O. The number of amides is 11. The van der Waals surface area contributed by atoms with Crippen LogP contribution in [0.5, 0.6) is 0 Å². The van der Waals surface area contributed by atoms with Crippen LogP contribution in [0.2, 0.25) is 0 Å². The standard InChI is InChI=1S/C59H113N29O14/c1-31(79-45(92)35(15-7-25-74-55(64)65)86-52(99)41-20-12-30-88(41)53(100)43(63)32(2)89)44(91)80-36(16-8-26-75-56(66)67)48(95)83-38(18-10-28-77-58(70)71)50(97)84-37(17-9-27-76-57(68)69)49(96)82-33(13-3-5-23-60)46(93)81-34(14-4-6-24-61)47(94)85-39(19-11-29-78-59(72)73)51(98)87-40(54(101)102)21-22-42(62)90/h31-41,43,89H,3-30,60-61,63H2,1-2H3,(H2,62,90)(H,79,92)(H,80,91)(H,81,93)(H,82,96)(H,83,95)(H,84,97)(H,85,94)(H,86,99)(H,87,98)(H,101,102)(H4,64,65,74)(H4,66,67,75)(H4,68,69,76)(H4,70,71,77)(H4,72,73,78)/t31-,32+,33-,34-,35-,36-,37-,38-,39-,40-,41-,43-/m0/s1. The first-order chi connectivity index (χ1) is 48.1. The molecule has 1 rings (SSSR count). The van der Waals surface area contributed by atoms with E-state index in [0.29, 0.717) is 19.3 Å². The van der Waals surface area contributed by atoms with Crippen molar-refractivity contribution in [3.63, 3.8) is 0 Å². The van der Waals surface area contributed by atoms with Gasteiger partial charge in [-0.05, 0) is 149 Å². The van der Waals surface area contributed by atoms with E-state index in [1.54, 1.807) is 0 Å². The number of nitrogens with one attached hydrogen (secondary N) is 9. The maximum Gasteiger partial charge on any atom is 0.326 e. The predicted molar refractivity (Wildman–Crippen MR) is 379 cm³/mol. The average molecular weight is 1450 g/mol. The van der Waals surface area contributed by atoms with Crippen LogP contribution in [0, 0.1) is 0 Å². The fraction of sp³-hybridized carbons (Fsp3) is 0.712. The summed E-state index contributed by atoms with van der Waals surface area (Å²) >= 11 is 0. The van der Waals surface area contributed by atoms with Crippen molar-refractivity contribution in [3.05, 3.63) is 0 Å². The topological polar surface area (TPSA) is 783 Å². The fourth-order valence-electron chi connectivity index (χ4n) is 10.2. The van der Waals surface area contributed by atoms with Crippen LogP contribution in [0.4, 0.5) is 0 Å². The minimum atomic E-state index is -1.60. The third kappa shape index (κ3) is 37.3. The smallest absolute Gasteiger partial charge is 0.326 e. The molecule has 1 aliphatic heterocycles. The van der Waals surface area contributed by atoms with Gasteiger partial charge in [-0.25, -0.2) is 4.79 Å². The Balaban J connectivity index is 3.83. The van der Waals surface area contributed by atoms with Gasteiger partial charge >= 0.3 is 5.97 Å². The molecule has 1 saturated heterocycles. The Morgan fingerprint density at radius 3 is 0.971 bits per heavy atom. The van der Waals surface area contributed by atoms with Gasteiger partial charge in [-0.3, -0.25) is 77.7 Å². The third-order valence-corrected chi connectivity index (χ3v) is 15.7. The number of primary amides is 1. The molecule has 0 aromatic heterocycles. The molecule has 43 nitrogen and oxygen atoms in total. The monoisotopic (exact) mass is 1450 g/mol. The highest BCUT2D eigenvalue weighted by atomic mass is 16.4. The molecule has 11 amide bonds. The summed E-state index contributed by atoms with van der Waals surface area (Å²) in [5, 5.41) is 43.1. The van der Waals surface area contributed by atoms with Gasteiger partial charge in [0.1, 0.15) is 66.5 Å². The first kappa shape index (κ1) is 89.8. The summed E-state index contributed by atoms with van der Waals surface area (Å²) in [6, 6.07) is -15.6. The Morgan fingerprint density at radius 2 is 0.686 bits per heavy atom. The van der Waals surface area contributed by atoms with Gasteiger partial charge in [-0.15, -0.1) is 0 Å². The highest BCUT2D eigenvalue weighted by Gasteiger charge is 2.40. The van der Waals surface area contributed by atoms with Crippen molar-refractivity contribution in [2.45, 2.75) is 215 Å². The van der Waals surface area contributed by atoms with Crippen molar-refractivity contribution in [2.24, 2.45) is 105 Å². The van der Waals surface area contributed by atoms with E-state index in [4.69, 9.17) is 80.3 Å². The summed E-state index contributed by atoms with van der Waals surface area (Å²) in [5.74, 6) is -12.5. The van der Waals surface area contributed by atoms with E-state index < -0.39 is 150 Å². The lowest BCUT2D eigenvalue weighted by atomic mass is 10.0. The zero-order chi connectivity index (χ0) is 77.0. The molecule has 39 N–H and O–H groups in total. The number of carbonyl (C=O) groups is 12. The Kier molecular flexibility index (Phi) is 43.5. The van der Waals surface area contributed by atoms with Crippen LogP contribution in [0.15, 0.2) is 25.0 Å². The predicted octanol–water partition coefficient (Wildman–Crippen LogP) is -11.1. The molecule has 0 unspecified atom stereocenters. The summed E-state index contributed by atoms with van der Waals surface area (Å²) in [6.45, 7) is 2.97. The van der Waals surface area contributed by atoms with Crippen LogP contribution in [0.3, 0.4) is 0 Å². The van der Waals surface area contributed by atoms with E-state index in [2.05, 4.69) is 72.8 Å². The van der Waals surface area contributed by atoms with E-state index in [1.165, 1.54) is 18.7 Å². The van der Waals surface area contributed by atoms with Gasteiger partial charge in [0.2, 0.25) is 65.0 Å². The number of rotatable bonds is 52. The molecule has 0 saturated carbocycles. The van der Waals surface area contributed by atoms with Crippen LogP contribution in [-0.2, 0) is 57.5 Å². The molecule has 1 fully saturated rings. The Bertz CT molecular complexity index is 2880. The lowest BCUT2D eigenvalue weighted by Crippen LogP contribution is -2.60. The normalized spacial score (nSPS) is 15.6. The number of aliphatic carboxylic acids is 1. The lowest BCUT2D eigenvalue weighted by Gasteiger charge is -2.29. The largest absolute Gasteiger partial charge is 0.480 e. The first-order valence-electron chi connectivity index (χ1n) is 33.8. The van der Waals surface area contributed by atoms with Gasteiger partial charge in [-0.1, -0.05) is 0 Å². The number of nitrogens with two attached hydrogens (primary N) is 14. The number of likely N-dealkylation sites (tertiary alicyclic amines) is 1. The molecule has 43 heteroatoms. The Morgan fingerprint density at radius 1 is 0.402 bits per heavy atom. The van der Waals surface area contributed by atoms with Gasteiger partial charge in [0, 0.05) is 45.7 Å². The highest BCUT2D eigenvalue weighted by molar-refractivity contribution is 5.99. The molecule has 0 bridgehead atoms. The van der Waals surface area contributed by atoms with Gasteiger partial charge in [-0.2, -0.15) is 0 Å². The molecule has 1 heterocycles. The van der Waals surface area contributed by atoms with E-state index in [-0.39, 0.29) is 185 Å². The number of aliphatic hydroxyl groups is 1. The van der Waals surface area contributed by atoms with Crippen LogP contribution in [-0.4, -0.2) is 241 Å². The molecule has 0 spiro atoms. The maximum atomic E-state index is 14.7. The summed E-state index contributed by atoms with van der Waals surface area (Å²) in [4.78, 5) is 186. The molecule has 12 atom stereocenters. The number of guanidine groups is 5. The summed E-state index contributed by atoms with van der Waals surface area (Å²) in [6.07, 6.45) is -0.771. The van der Waals surface area contributed by atoms with Crippen molar-refractivity contribution in [3.8, 4) is 0 Å². The summed E-state index contributed by atoms with van der Waals surface area (Å²) < 4.78 is 0. The Labute approximate surface area is 591 Å². The number of hydrogen-bond donors (Lipinski definition) is 25. The van der Waals surface area contributed by atoms with Crippen LogP contribution >= 0.6 is 0 Å². The Hall–Kier alpha value is -10.2. The second-order valence-corrected chi connectivity index (χ2v) is 24.3. The number of aliphatic imine (C=N–C) groups is 5. The molecule has 102 heavy (non-hydrogen) atoms. The number of aliphatic hydroxyl groups excluding tert-OH is 1. The van der Waals surface area contributed by atoms with E-state index in [1.807, 2.05) is 0 Å². The van der Waals surface area contributed by atoms with E-state index >= 15 is 0 Å². The first-order valence-corrected chi connectivity index (χ1v) is 33.8. The molecule has 0 aliphatic carbocycles. The summed E-state index contributed by atoms with van der Waals surface area (Å²) in [5.41, 5.74) is 78.2. The number of carboxylic acids is 1. The minimum absolute atomic E-state index is 0.0122. The number of carboxylic acid groups (broad SMARTS) is 1. The zero-order valence-corrected chi connectivity index (χ0v) is 58.3. The molecule has 0 radical (unpaired) electrons. The van der Waals surface area contributed by atoms with Crippen molar-refractivity contribution in [1.29, 1.82) is 0 Å². The van der Waals surface area contributed by atoms with Crippen molar-refractivity contribution < 1.29 is 67.7 Å². The third-order valence-electron chi connectivity index (χ3n) is 15.7.